The first-order valence-electron chi connectivity index (χ1n) is 8.81. The summed E-state index contributed by atoms with van der Waals surface area (Å²) in [4.78, 5) is 24.9. The molecule has 0 amide bonds. The second-order valence-electron chi connectivity index (χ2n) is 6.69. The van der Waals surface area contributed by atoms with E-state index in [-0.39, 0.29) is 18.0 Å². The summed E-state index contributed by atoms with van der Waals surface area (Å²) in [5.74, 6) is -0.0252. The molecule has 1 saturated heterocycles. The smallest absolute Gasteiger partial charge is 0.408 e. The number of anilines is 1. The van der Waals surface area contributed by atoms with Crippen LogP contribution in [0, 0.1) is 0 Å². The lowest BCUT2D eigenvalue weighted by Crippen LogP contribution is -2.37. The van der Waals surface area contributed by atoms with Crippen LogP contribution in [-0.2, 0) is 27.8 Å². The average Bonchev–Trinajstić information content (AvgIpc) is 3.30. The molecule has 11 heteroatoms. The molecule has 1 fully saturated rings. The van der Waals surface area contributed by atoms with Crippen molar-refractivity contribution >= 4 is 27.1 Å². The van der Waals surface area contributed by atoms with Gasteiger partial charge in [-0.25, -0.2) is 23.2 Å². The van der Waals surface area contributed by atoms with Gasteiger partial charge in [-0.05, 0) is 18.2 Å². The topological polar surface area (TPSA) is 122 Å². The number of H-pyrrole nitrogens is 1. The van der Waals surface area contributed by atoms with Crippen molar-refractivity contribution < 1.29 is 17.6 Å². The quantitative estimate of drug-likeness (QED) is 0.669. The van der Waals surface area contributed by atoms with Crippen LogP contribution in [0.4, 0.5) is 5.95 Å². The Bertz CT molecular complexity index is 1210. The van der Waals surface area contributed by atoms with E-state index in [0.717, 1.165) is 5.56 Å². The average molecular weight is 403 g/mol. The maximum atomic E-state index is 13.1. The third-order valence-electron chi connectivity index (χ3n) is 4.94. The highest BCUT2D eigenvalue weighted by Crippen LogP contribution is 2.29. The number of nitrogens with zero attached hydrogens (tertiary/aromatic N) is 4. The first-order valence-corrected chi connectivity index (χ1v) is 10.3. The van der Waals surface area contributed by atoms with Crippen molar-refractivity contribution in [3.8, 4) is 0 Å². The predicted molar refractivity (Wildman–Crippen MR) is 98.3 cm³/mol. The summed E-state index contributed by atoms with van der Waals surface area (Å²) < 4.78 is 37.8. The molecule has 0 radical (unpaired) electrons. The fraction of sp³-hybridized carbons (Fsp3) is 0.353. The minimum Gasteiger partial charge on any atom is -0.408 e. The molecular formula is C17H17N5O5S. The zero-order valence-corrected chi connectivity index (χ0v) is 15.6. The van der Waals surface area contributed by atoms with Crippen LogP contribution in [-0.4, -0.2) is 54.0 Å². The van der Waals surface area contributed by atoms with Gasteiger partial charge >= 0.3 is 5.76 Å². The number of fused-ring (bicyclic) bond motifs is 2. The van der Waals surface area contributed by atoms with Gasteiger partial charge in [0, 0.05) is 31.4 Å². The third kappa shape index (κ3) is 2.87. The van der Waals surface area contributed by atoms with Crippen molar-refractivity contribution in [2.24, 2.45) is 0 Å². The van der Waals surface area contributed by atoms with E-state index in [9.17, 15) is 13.2 Å². The molecule has 0 atom stereocenters. The molecule has 3 aromatic rings. The van der Waals surface area contributed by atoms with Gasteiger partial charge < -0.3 is 14.1 Å². The highest BCUT2D eigenvalue weighted by atomic mass is 32.2. The van der Waals surface area contributed by atoms with E-state index >= 15 is 0 Å². The minimum absolute atomic E-state index is 0.0891. The van der Waals surface area contributed by atoms with E-state index in [2.05, 4.69) is 15.0 Å². The molecule has 2 aliphatic rings. The zero-order chi connectivity index (χ0) is 19.3. The number of morpholine rings is 1. The number of hydrogen-bond donors (Lipinski definition) is 1. The molecule has 1 N–H and O–H groups in total. The van der Waals surface area contributed by atoms with Crippen LogP contribution >= 0.6 is 0 Å². The SMILES string of the molecule is O=c1[nH]c2cc(S(=O)(=O)N3Cc4cnc(N5CCOCC5)nc4C3)ccc2o1. The van der Waals surface area contributed by atoms with Crippen LogP contribution in [0.3, 0.4) is 0 Å². The van der Waals surface area contributed by atoms with E-state index in [1.807, 2.05) is 4.90 Å². The van der Waals surface area contributed by atoms with Crippen LogP contribution < -0.4 is 10.7 Å². The van der Waals surface area contributed by atoms with Gasteiger partial charge in [-0.15, -0.1) is 0 Å². The van der Waals surface area contributed by atoms with Crippen LogP contribution in [0.2, 0.25) is 0 Å². The Morgan fingerprint density at radius 3 is 2.79 bits per heavy atom. The van der Waals surface area contributed by atoms with E-state index in [4.69, 9.17) is 9.15 Å². The van der Waals surface area contributed by atoms with Crippen molar-refractivity contribution in [1.29, 1.82) is 0 Å². The van der Waals surface area contributed by atoms with E-state index < -0.39 is 15.8 Å². The summed E-state index contributed by atoms with van der Waals surface area (Å²) in [6.45, 7) is 3.06. The summed E-state index contributed by atoms with van der Waals surface area (Å²) >= 11 is 0. The molecule has 0 spiro atoms. The Morgan fingerprint density at radius 2 is 1.96 bits per heavy atom. The van der Waals surface area contributed by atoms with Crippen LogP contribution in [0.1, 0.15) is 11.3 Å². The zero-order valence-electron chi connectivity index (χ0n) is 14.8. The number of ether oxygens (including phenoxy) is 1. The van der Waals surface area contributed by atoms with Crippen LogP contribution in [0.5, 0.6) is 0 Å². The van der Waals surface area contributed by atoms with Gasteiger partial charge in [0.25, 0.3) is 0 Å². The van der Waals surface area contributed by atoms with E-state index in [1.165, 1.54) is 22.5 Å². The molecule has 0 aliphatic carbocycles. The normalized spacial score (nSPS) is 17.9. The monoisotopic (exact) mass is 403 g/mol. The lowest BCUT2D eigenvalue weighted by Gasteiger charge is -2.26. The number of oxazole rings is 1. The Morgan fingerprint density at radius 1 is 1.14 bits per heavy atom. The van der Waals surface area contributed by atoms with Crippen LogP contribution in [0.25, 0.3) is 11.1 Å². The van der Waals surface area contributed by atoms with Crippen molar-refractivity contribution in [1.82, 2.24) is 19.3 Å². The molecule has 4 heterocycles. The Balaban J connectivity index is 1.43. The summed E-state index contributed by atoms with van der Waals surface area (Å²) in [6.07, 6.45) is 1.69. The number of aromatic amines is 1. The number of nitrogens with one attached hydrogen (secondary N) is 1. The lowest BCUT2D eigenvalue weighted by atomic mass is 10.3. The second kappa shape index (κ2) is 6.40. The molecule has 1 aromatic carbocycles. The molecule has 28 heavy (non-hydrogen) atoms. The van der Waals surface area contributed by atoms with Crippen molar-refractivity contribution in [2.45, 2.75) is 18.0 Å². The number of rotatable bonds is 3. The molecule has 2 aromatic heterocycles. The maximum absolute atomic E-state index is 13.1. The van der Waals surface area contributed by atoms with Gasteiger partial charge in [0.1, 0.15) is 0 Å². The van der Waals surface area contributed by atoms with Gasteiger partial charge in [-0.1, -0.05) is 0 Å². The number of sulfonamides is 1. The molecule has 0 unspecified atom stereocenters. The molecule has 146 valence electrons. The number of hydrogen-bond acceptors (Lipinski definition) is 8. The van der Waals surface area contributed by atoms with Crippen molar-refractivity contribution in [3.05, 3.63) is 46.2 Å². The largest absolute Gasteiger partial charge is 0.417 e. The van der Waals surface area contributed by atoms with E-state index in [1.54, 1.807) is 6.20 Å². The van der Waals surface area contributed by atoms with Gasteiger partial charge in [0.2, 0.25) is 16.0 Å². The first kappa shape index (κ1) is 17.3. The van der Waals surface area contributed by atoms with Crippen molar-refractivity contribution in [3.63, 3.8) is 0 Å². The molecule has 0 saturated carbocycles. The Hall–Kier alpha value is -2.76. The molecular weight excluding hydrogens is 386 g/mol. The fourth-order valence-corrected chi connectivity index (χ4v) is 4.85. The highest BCUT2D eigenvalue weighted by molar-refractivity contribution is 7.89. The fourth-order valence-electron chi connectivity index (χ4n) is 3.44. The molecule has 2 aliphatic heterocycles. The van der Waals surface area contributed by atoms with Crippen LogP contribution in [0.15, 0.2) is 38.5 Å². The van der Waals surface area contributed by atoms with Crippen molar-refractivity contribution in [2.75, 3.05) is 31.2 Å². The third-order valence-corrected chi connectivity index (χ3v) is 6.72. The minimum atomic E-state index is -3.76. The molecule has 5 rings (SSSR count). The lowest BCUT2D eigenvalue weighted by molar-refractivity contribution is 0.122. The van der Waals surface area contributed by atoms with E-state index in [0.29, 0.717) is 49.0 Å². The standard InChI is InChI=1S/C17H17N5O5S/c23-17-20-13-7-12(1-2-15(13)27-17)28(24,25)22-9-11-8-18-16(19-14(11)10-22)21-3-5-26-6-4-21/h1-2,7-8H,3-6,9-10H2,(H,20,23). The van der Waals surface area contributed by atoms with Gasteiger partial charge in [0.05, 0.1) is 35.9 Å². The maximum Gasteiger partial charge on any atom is 0.417 e. The predicted octanol–water partition coefficient (Wildman–Crippen LogP) is 0.452. The summed E-state index contributed by atoms with van der Waals surface area (Å²) in [5, 5.41) is 0. The van der Waals surface area contributed by atoms with Gasteiger partial charge in [-0.3, -0.25) is 4.98 Å². The molecule has 10 nitrogen and oxygen atoms in total. The summed E-state index contributed by atoms with van der Waals surface area (Å²) in [6, 6.07) is 4.31. The summed E-state index contributed by atoms with van der Waals surface area (Å²) in [7, 11) is -3.76. The molecule has 0 bridgehead atoms. The van der Waals surface area contributed by atoms with Gasteiger partial charge in [-0.2, -0.15) is 4.31 Å². The Labute approximate surface area is 159 Å². The first-order chi connectivity index (χ1) is 13.5. The summed E-state index contributed by atoms with van der Waals surface area (Å²) in [5.41, 5.74) is 2.16. The number of benzene rings is 1. The van der Waals surface area contributed by atoms with Gasteiger partial charge in [0.15, 0.2) is 5.58 Å². The Kier molecular flexibility index (Phi) is 3.96. The highest BCUT2D eigenvalue weighted by Gasteiger charge is 2.32. The number of aromatic nitrogens is 3. The second-order valence-corrected chi connectivity index (χ2v) is 8.62.